The molecule has 2 atom stereocenters. The van der Waals surface area contributed by atoms with Crippen molar-refractivity contribution < 1.29 is 4.74 Å². The van der Waals surface area contributed by atoms with Crippen molar-refractivity contribution in [2.24, 2.45) is 0 Å². The van der Waals surface area contributed by atoms with Gasteiger partial charge in [0.05, 0.1) is 6.10 Å². The molecule has 0 heterocycles. The zero-order valence-corrected chi connectivity index (χ0v) is 11.0. The molecule has 0 aliphatic heterocycles. The number of rotatable bonds is 5. The molecule has 1 N–H and O–H groups in total. The minimum atomic E-state index is 0.221. The maximum absolute atomic E-state index is 5.33. The molecule has 84 valence electrons. The highest BCUT2D eigenvalue weighted by molar-refractivity contribution is 9.10. The molecule has 0 aliphatic carbocycles. The fraction of sp³-hybridized carbons (Fsp3) is 0.500. The van der Waals surface area contributed by atoms with E-state index in [4.69, 9.17) is 4.74 Å². The molecule has 0 radical (unpaired) electrons. The molecule has 3 heteroatoms. The summed E-state index contributed by atoms with van der Waals surface area (Å²) < 4.78 is 6.45. The molecule has 1 aromatic carbocycles. The minimum absolute atomic E-state index is 0.221. The highest BCUT2D eigenvalue weighted by Gasteiger charge is 2.14. The average Bonchev–Trinajstić information content (AvgIpc) is 2.27. The van der Waals surface area contributed by atoms with E-state index in [1.165, 1.54) is 5.56 Å². The summed E-state index contributed by atoms with van der Waals surface area (Å²) in [7, 11) is 3.72. The van der Waals surface area contributed by atoms with Crippen LogP contribution >= 0.6 is 15.9 Å². The molecule has 0 aromatic heterocycles. The van der Waals surface area contributed by atoms with E-state index in [2.05, 4.69) is 52.4 Å². The zero-order chi connectivity index (χ0) is 11.3. The molecular weight excluding hydrogens is 254 g/mol. The lowest BCUT2D eigenvalue weighted by molar-refractivity contribution is 0.0857. The van der Waals surface area contributed by atoms with Gasteiger partial charge in [0, 0.05) is 17.6 Å². The molecule has 0 saturated heterocycles. The molecule has 0 saturated carbocycles. The van der Waals surface area contributed by atoms with Crippen LogP contribution in [-0.4, -0.2) is 26.3 Å². The maximum atomic E-state index is 5.33. The number of hydrogen-bond acceptors (Lipinski definition) is 2. The maximum Gasteiger partial charge on any atom is 0.0699 e. The second-order valence-electron chi connectivity index (χ2n) is 3.67. The van der Waals surface area contributed by atoms with Gasteiger partial charge in [0.1, 0.15) is 0 Å². The van der Waals surface area contributed by atoms with E-state index in [1.807, 2.05) is 7.05 Å². The molecule has 15 heavy (non-hydrogen) atoms. The van der Waals surface area contributed by atoms with Gasteiger partial charge in [0.2, 0.25) is 0 Å². The summed E-state index contributed by atoms with van der Waals surface area (Å²) in [6.07, 6.45) is 1.21. The van der Waals surface area contributed by atoms with Crippen molar-refractivity contribution >= 4 is 15.9 Å². The lowest BCUT2D eigenvalue weighted by Crippen LogP contribution is -2.38. The molecule has 0 fully saturated rings. The molecule has 0 amide bonds. The van der Waals surface area contributed by atoms with E-state index in [9.17, 15) is 0 Å². The summed E-state index contributed by atoms with van der Waals surface area (Å²) in [5, 5.41) is 3.28. The van der Waals surface area contributed by atoms with E-state index in [-0.39, 0.29) is 6.10 Å². The SMILES string of the molecule is CNC(Cc1ccc(Br)cc1)C(C)OC. The van der Waals surface area contributed by atoms with Gasteiger partial charge in [-0.1, -0.05) is 28.1 Å². The van der Waals surface area contributed by atoms with Gasteiger partial charge in [-0.05, 0) is 38.1 Å². The van der Waals surface area contributed by atoms with Crippen molar-refractivity contribution in [3.8, 4) is 0 Å². The Morgan fingerprint density at radius 2 is 1.93 bits per heavy atom. The molecule has 0 spiro atoms. The van der Waals surface area contributed by atoms with Gasteiger partial charge in [0.15, 0.2) is 0 Å². The van der Waals surface area contributed by atoms with Crippen LogP contribution in [0.3, 0.4) is 0 Å². The first-order valence-corrected chi connectivity index (χ1v) is 5.91. The smallest absolute Gasteiger partial charge is 0.0699 e. The van der Waals surface area contributed by atoms with Gasteiger partial charge >= 0.3 is 0 Å². The highest BCUT2D eigenvalue weighted by atomic mass is 79.9. The van der Waals surface area contributed by atoms with Crippen molar-refractivity contribution in [2.45, 2.75) is 25.5 Å². The number of likely N-dealkylation sites (N-methyl/N-ethyl adjacent to an activating group) is 1. The van der Waals surface area contributed by atoms with Gasteiger partial charge in [0.25, 0.3) is 0 Å². The van der Waals surface area contributed by atoms with Crippen LogP contribution in [0.1, 0.15) is 12.5 Å². The number of nitrogens with one attached hydrogen (secondary N) is 1. The first-order chi connectivity index (χ1) is 7.17. The lowest BCUT2D eigenvalue weighted by Gasteiger charge is -2.22. The van der Waals surface area contributed by atoms with Crippen LogP contribution in [0, 0.1) is 0 Å². The third kappa shape index (κ3) is 3.93. The number of hydrogen-bond donors (Lipinski definition) is 1. The van der Waals surface area contributed by atoms with Crippen molar-refractivity contribution in [3.05, 3.63) is 34.3 Å². The Hall–Kier alpha value is -0.380. The number of ether oxygens (including phenoxy) is 1. The van der Waals surface area contributed by atoms with Gasteiger partial charge in [-0.25, -0.2) is 0 Å². The highest BCUT2D eigenvalue weighted by Crippen LogP contribution is 2.13. The Morgan fingerprint density at radius 1 is 1.33 bits per heavy atom. The summed E-state index contributed by atoms with van der Waals surface area (Å²) in [6.45, 7) is 2.08. The topological polar surface area (TPSA) is 21.3 Å². The zero-order valence-electron chi connectivity index (χ0n) is 9.46. The van der Waals surface area contributed by atoms with Crippen LogP contribution in [0.4, 0.5) is 0 Å². The Balaban J connectivity index is 2.62. The van der Waals surface area contributed by atoms with Crippen LogP contribution in [0.5, 0.6) is 0 Å². The Labute approximate surface area is 100 Å². The van der Waals surface area contributed by atoms with Crippen LogP contribution in [0.2, 0.25) is 0 Å². The van der Waals surface area contributed by atoms with E-state index in [0.29, 0.717) is 6.04 Å². The number of methoxy groups -OCH3 is 1. The number of benzene rings is 1. The van der Waals surface area contributed by atoms with Crippen LogP contribution in [-0.2, 0) is 11.2 Å². The third-order valence-electron chi connectivity index (χ3n) is 2.68. The monoisotopic (exact) mass is 271 g/mol. The molecule has 1 aromatic rings. The molecule has 0 bridgehead atoms. The van der Waals surface area contributed by atoms with Crippen LogP contribution in [0.15, 0.2) is 28.7 Å². The van der Waals surface area contributed by atoms with Crippen molar-refractivity contribution in [3.63, 3.8) is 0 Å². The lowest BCUT2D eigenvalue weighted by atomic mass is 10.0. The summed E-state index contributed by atoms with van der Waals surface area (Å²) in [6, 6.07) is 8.77. The Bertz CT molecular complexity index is 286. The van der Waals surface area contributed by atoms with Crippen LogP contribution in [0.25, 0.3) is 0 Å². The fourth-order valence-corrected chi connectivity index (χ4v) is 1.81. The predicted molar refractivity (Wildman–Crippen MR) is 67.2 cm³/mol. The van der Waals surface area contributed by atoms with Gasteiger partial charge in [-0.3, -0.25) is 0 Å². The van der Waals surface area contributed by atoms with Gasteiger partial charge < -0.3 is 10.1 Å². The second-order valence-corrected chi connectivity index (χ2v) is 4.58. The minimum Gasteiger partial charge on any atom is -0.380 e. The first kappa shape index (κ1) is 12.7. The second kappa shape index (κ2) is 6.26. The Kier molecular flexibility index (Phi) is 5.29. The molecular formula is C12H18BrNO. The quantitative estimate of drug-likeness (QED) is 0.889. The third-order valence-corrected chi connectivity index (χ3v) is 3.21. The van der Waals surface area contributed by atoms with Gasteiger partial charge in [-0.2, -0.15) is 0 Å². The van der Waals surface area contributed by atoms with Gasteiger partial charge in [-0.15, -0.1) is 0 Å². The average molecular weight is 272 g/mol. The molecule has 2 unspecified atom stereocenters. The van der Waals surface area contributed by atoms with E-state index in [0.717, 1.165) is 10.9 Å². The normalized spacial score (nSPS) is 14.9. The largest absolute Gasteiger partial charge is 0.380 e. The molecule has 1 rings (SSSR count). The summed E-state index contributed by atoms with van der Waals surface area (Å²) in [4.78, 5) is 0. The van der Waals surface area contributed by atoms with Crippen LogP contribution < -0.4 is 5.32 Å². The van der Waals surface area contributed by atoms with Crippen molar-refractivity contribution in [1.82, 2.24) is 5.32 Å². The molecule has 2 nitrogen and oxygen atoms in total. The summed E-state index contributed by atoms with van der Waals surface area (Å²) in [5.41, 5.74) is 1.32. The summed E-state index contributed by atoms with van der Waals surface area (Å²) >= 11 is 3.43. The molecule has 0 aliphatic rings. The fourth-order valence-electron chi connectivity index (χ4n) is 1.54. The van der Waals surface area contributed by atoms with Crippen molar-refractivity contribution in [1.29, 1.82) is 0 Å². The first-order valence-electron chi connectivity index (χ1n) is 5.12. The number of halogens is 1. The standard InChI is InChI=1S/C12H18BrNO/c1-9(15-3)12(14-2)8-10-4-6-11(13)7-5-10/h4-7,9,12,14H,8H2,1-3H3. The Morgan fingerprint density at radius 3 is 2.40 bits per heavy atom. The van der Waals surface area contributed by atoms with Crippen molar-refractivity contribution in [2.75, 3.05) is 14.2 Å². The van der Waals surface area contributed by atoms with E-state index < -0.39 is 0 Å². The van der Waals surface area contributed by atoms with E-state index >= 15 is 0 Å². The predicted octanol–water partition coefficient (Wildman–Crippen LogP) is 2.61. The van der Waals surface area contributed by atoms with E-state index in [1.54, 1.807) is 7.11 Å². The summed E-state index contributed by atoms with van der Waals surface area (Å²) in [5.74, 6) is 0.